The first-order chi connectivity index (χ1) is 20.6. The van der Waals surface area contributed by atoms with Crippen molar-refractivity contribution >= 4 is 11.9 Å². The standard InChI is InChI=1S/C38H72O4/c1-3-5-7-8-9-10-17-22-25-28-31-35-38(41)42-36(32-6-4-2)33-29-26-23-20-18-15-13-11-12-14-16-19-21-24-27-30-34-37(39)40/h8-9,36H,3-7,10-35H2,1-2H3,(H,39,40)/b9-8-. The molecule has 0 aliphatic carbocycles. The molecule has 1 unspecified atom stereocenters. The summed E-state index contributed by atoms with van der Waals surface area (Å²) < 4.78 is 5.91. The predicted octanol–water partition coefficient (Wildman–Crippen LogP) is 12.7. The van der Waals surface area contributed by atoms with Gasteiger partial charge in [-0.2, -0.15) is 0 Å². The minimum absolute atomic E-state index is 0.0305. The maximum Gasteiger partial charge on any atom is 0.306 e. The van der Waals surface area contributed by atoms with E-state index in [9.17, 15) is 9.59 Å². The number of unbranched alkanes of at least 4 members (excludes halogenated alkanes) is 23. The fourth-order valence-electron chi connectivity index (χ4n) is 5.68. The van der Waals surface area contributed by atoms with E-state index in [0.29, 0.717) is 12.8 Å². The van der Waals surface area contributed by atoms with Crippen LogP contribution in [-0.2, 0) is 14.3 Å². The van der Waals surface area contributed by atoms with Gasteiger partial charge in [0.05, 0.1) is 0 Å². The monoisotopic (exact) mass is 593 g/mol. The van der Waals surface area contributed by atoms with Crippen LogP contribution in [0.4, 0.5) is 0 Å². The van der Waals surface area contributed by atoms with Crippen LogP contribution in [0.15, 0.2) is 12.2 Å². The Labute approximate surface area is 262 Å². The molecule has 0 aromatic rings. The molecule has 0 radical (unpaired) electrons. The van der Waals surface area contributed by atoms with Gasteiger partial charge in [-0.15, -0.1) is 0 Å². The number of hydrogen-bond acceptors (Lipinski definition) is 3. The number of carbonyl (C=O) groups is 2. The number of carboxylic acids is 1. The molecule has 0 fully saturated rings. The smallest absolute Gasteiger partial charge is 0.306 e. The molecule has 0 aliphatic rings. The second-order valence-electron chi connectivity index (χ2n) is 12.8. The van der Waals surface area contributed by atoms with E-state index < -0.39 is 5.97 Å². The Morgan fingerprint density at radius 2 is 0.881 bits per heavy atom. The summed E-state index contributed by atoms with van der Waals surface area (Å²) in [6.45, 7) is 4.46. The molecule has 1 N–H and O–H groups in total. The van der Waals surface area contributed by atoms with Crippen molar-refractivity contribution < 1.29 is 19.4 Å². The molecule has 0 amide bonds. The molecule has 42 heavy (non-hydrogen) atoms. The summed E-state index contributed by atoms with van der Waals surface area (Å²) in [5.41, 5.74) is 0. The van der Waals surface area contributed by atoms with E-state index in [0.717, 1.165) is 51.4 Å². The molecule has 1 atom stereocenters. The highest BCUT2D eigenvalue weighted by Crippen LogP contribution is 2.18. The number of esters is 1. The first kappa shape index (κ1) is 40.7. The molecule has 0 spiro atoms. The van der Waals surface area contributed by atoms with E-state index >= 15 is 0 Å². The third-order valence-corrected chi connectivity index (χ3v) is 8.49. The molecular weight excluding hydrogens is 520 g/mol. The van der Waals surface area contributed by atoms with Gasteiger partial charge in [0.25, 0.3) is 0 Å². The molecule has 4 nitrogen and oxygen atoms in total. The van der Waals surface area contributed by atoms with Crippen LogP contribution in [0.3, 0.4) is 0 Å². The maximum atomic E-state index is 12.4. The van der Waals surface area contributed by atoms with Crippen LogP contribution < -0.4 is 0 Å². The van der Waals surface area contributed by atoms with Gasteiger partial charge in [0.1, 0.15) is 6.10 Å². The molecule has 0 bridgehead atoms. The molecule has 0 aromatic carbocycles. The first-order valence-electron chi connectivity index (χ1n) is 18.7. The van der Waals surface area contributed by atoms with Crippen molar-refractivity contribution in [1.29, 1.82) is 0 Å². The summed E-state index contributed by atoms with van der Waals surface area (Å²) in [5.74, 6) is -0.632. The molecule has 0 saturated heterocycles. The van der Waals surface area contributed by atoms with E-state index in [1.807, 2.05) is 0 Å². The van der Waals surface area contributed by atoms with Crippen molar-refractivity contribution in [1.82, 2.24) is 0 Å². The van der Waals surface area contributed by atoms with E-state index in [1.54, 1.807) is 0 Å². The number of allylic oxidation sites excluding steroid dienone is 2. The van der Waals surface area contributed by atoms with Crippen molar-refractivity contribution in [3.05, 3.63) is 12.2 Å². The quantitative estimate of drug-likeness (QED) is 0.0458. The summed E-state index contributed by atoms with van der Waals surface area (Å²) >= 11 is 0. The summed E-state index contributed by atoms with van der Waals surface area (Å²) in [4.78, 5) is 22.9. The zero-order valence-electron chi connectivity index (χ0n) is 28.3. The second kappa shape index (κ2) is 34.2. The fraction of sp³-hybridized carbons (Fsp3) is 0.895. The summed E-state index contributed by atoms with van der Waals surface area (Å²) in [7, 11) is 0. The molecule has 0 aromatic heterocycles. The van der Waals surface area contributed by atoms with Crippen molar-refractivity contribution in [3.8, 4) is 0 Å². The fourth-order valence-corrected chi connectivity index (χ4v) is 5.68. The molecule has 0 aliphatic heterocycles. The SMILES string of the molecule is CCCC/C=C\CCCCCCCC(=O)OC(CCCC)CCCCCCCCCCCCCCCCCCC(=O)O. The third-order valence-electron chi connectivity index (χ3n) is 8.49. The molecule has 0 heterocycles. The summed E-state index contributed by atoms with van der Waals surface area (Å²) in [6, 6.07) is 0. The number of rotatable bonds is 34. The van der Waals surface area contributed by atoms with Crippen LogP contribution in [-0.4, -0.2) is 23.1 Å². The number of ether oxygens (including phenoxy) is 1. The average molecular weight is 593 g/mol. The van der Waals surface area contributed by atoms with Crippen molar-refractivity contribution in [2.45, 2.75) is 219 Å². The van der Waals surface area contributed by atoms with Crippen molar-refractivity contribution in [2.24, 2.45) is 0 Å². The number of carboxylic acid groups (broad SMARTS) is 1. The molecule has 248 valence electrons. The Kier molecular flexibility index (Phi) is 33.1. The van der Waals surface area contributed by atoms with Gasteiger partial charge >= 0.3 is 11.9 Å². The molecular formula is C38H72O4. The second-order valence-corrected chi connectivity index (χ2v) is 12.8. The van der Waals surface area contributed by atoms with E-state index in [-0.39, 0.29) is 12.1 Å². The maximum absolute atomic E-state index is 12.4. The highest BCUT2D eigenvalue weighted by atomic mass is 16.5. The van der Waals surface area contributed by atoms with Gasteiger partial charge < -0.3 is 9.84 Å². The predicted molar refractivity (Wildman–Crippen MR) is 181 cm³/mol. The van der Waals surface area contributed by atoms with E-state index in [1.165, 1.54) is 135 Å². The zero-order chi connectivity index (χ0) is 30.8. The lowest BCUT2D eigenvalue weighted by atomic mass is 10.0. The lowest BCUT2D eigenvalue weighted by molar-refractivity contribution is -0.150. The van der Waals surface area contributed by atoms with Gasteiger partial charge in [0, 0.05) is 12.8 Å². The van der Waals surface area contributed by atoms with Crippen LogP contribution in [0, 0.1) is 0 Å². The van der Waals surface area contributed by atoms with Crippen LogP contribution in [0.1, 0.15) is 213 Å². The summed E-state index contributed by atoms with van der Waals surface area (Å²) in [5, 5.41) is 8.65. The number of hydrogen-bond donors (Lipinski definition) is 1. The Balaban J connectivity index is 3.60. The number of aliphatic carboxylic acids is 1. The summed E-state index contributed by atoms with van der Waals surface area (Å²) in [6.07, 6.45) is 41.3. The van der Waals surface area contributed by atoms with Gasteiger partial charge in [-0.25, -0.2) is 0 Å². The van der Waals surface area contributed by atoms with Gasteiger partial charge in [-0.3, -0.25) is 9.59 Å². The first-order valence-corrected chi connectivity index (χ1v) is 18.7. The normalized spacial score (nSPS) is 12.2. The highest BCUT2D eigenvalue weighted by molar-refractivity contribution is 5.69. The van der Waals surface area contributed by atoms with Gasteiger partial charge in [0.2, 0.25) is 0 Å². The minimum Gasteiger partial charge on any atom is -0.481 e. The van der Waals surface area contributed by atoms with Crippen LogP contribution in [0.25, 0.3) is 0 Å². The Bertz CT molecular complexity index is 600. The zero-order valence-corrected chi connectivity index (χ0v) is 28.3. The third kappa shape index (κ3) is 33.2. The Morgan fingerprint density at radius 1 is 0.500 bits per heavy atom. The molecule has 4 heteroatoms. The van der Waals surface area contributed by atoms with Crippen LogP contribution in [0.2, 0.25) is 0 Å². The lowest BCUT2D eigenvalue weighted by Gasteiger charge is -2.18. The minimum atomic E-state index is -0.663. The molecule has 0 saturated carbocycles. The Morgan fingerprint density at radius 3 is 1.36 bits per heavy atom. The topological polar surface area (TPSA) is 63.6 Å². The van der Waals surface area contributed by atoms with Gasteiger partial charge in [-0.1, -0.05) is 161 Å². The number of carbonyl (C=O) groups excluding carboxylic acids is 1. The van der Waals surface area contributed by atoms with Gasteiger partial charge in [0.15, 0.2) is 0 Å². The van der Waals surface area contributed by atoms with E-state index in [4.69, 9.17) is 9.84 Å². The van der Waals surface area contributed by atoms with Crippen molar-refractivity contribution in [3.63, 3.8) is 0 Å². The Hall–Kier alpha value is -1.32. The van der Waals surface area contributed by atoms with E-state index in [2.05, 4.69) is 26.0 Å². The lowest BCUT2D eigenvalue weighted by Crippen LogP contribution is -2.18. The highest BCUT2D eigenvalue weighted by Gasteiger charge is 2.13. The van der Waals surface area contributed by atoms with Crippen molar-refractivity contribution in [2.75, 3.05) is 0 Å². The largest absolute Gasteiger partial charge is 0.481 e. The van der Waals surface area contributed by atoms with Crippen LogP contribution >= 0.6 is 0 Å². The van der Waals surface area contributed by atoms with Gasteiger partial charge in [-0.05, 0) is 51.4 Å². The average Bonchev–Trinajstić information content (AvgIpc) is 2.97. The van der Waals surface area contributed by atoms with Crippen LogP contribution in [0.5, 0.6) is 0 Å². The molecule has 0 rings (SSSR count).